The van der Waals surface area contributed by atoms with Crippen molar-refractivity contribution in [3.8, 4) is 0 Å². The van der Waals surface area contributed by atoms with Crippen molar-refractivity contribution in [3.63, 3.8) is 0 Å². The predicted octanol–water partition coefficient (Wildman–Crippen LogP) is 4.33. The molecule has 4 rings (SSSR count). The number of aryl methyl sites for hydroxylation is 1. The minimum atomic E-state index is 0.0169. The van der Waals surface area contributed by atoms with Gasteiger partial charge in [-0.3, -0.25) is 14.5 Å². The van der Waals surface area contributed by atoms with Crippen LogP contribution in [0.15, 0.2) is 48.5 Å². The standard InChI is InChI=1S/C25H30N2O2/c1-19-7-9-21(10-8-19)24(28)22-11-15-27(16-12-22)25(29)23-6-4-5-20(17-23)18-26-13-2-3-14-26/h4-10,17,22H,2-3,11-16,18H2,1H3. The zero-order valence-corrected chi connectivity index (χ0v) is 17.3. The first kappa shape index (κ1) is 19.8. The highest BCUT2D eigenvalue weighted by molar-refractivity contribution is 5.98. The smallest absolute Gasteiger partial charge is 0.253 e. The van der Waals surface area contributed by atoms with Crippen LogP contribution in [0.1, 0.15) is 57.5 Å². The van der Waals surface area contributed by atoms with Crippen LogP contribution in [-0.2, 0) is 6.54 Å². The Labute approximate surface area is 173 Å². The topological polar surface area (TPSA) is 40.6 Å². The van der Waals surface area contributed by atoms with E-state index in [4.69, 9.17) is 0 Å². The first-order valence-electron chi connectivity index (χ1n) is 10.8. The van der Waals surface area contributed by atoms with Crippen LogP contribution in [0.25, 0.3) is 0 Å². The zero-order valence-electron chi connectivity index (χ0n) is 17.3. The van der Waals surface area contributed by atoms with E-state index in [2.05, 4.69) is 11.0 Å². The maximum atomic E-state index is 13.0. The molecule has 2 aliphatic rings. The summed E-state index contributed by atoms with van der Waals surface area (Å²) in [6.07, 6.45) is 4.03. The number of benzene rings is 2. The van der Waals surface area contributed by atoms with Crippen LogP contribution in [0.4, 0.5) is 0 Å². The van der Waals surface area contributed by atoms with Gasteiger partial charge >= 0.3 is 0 Å². The van der Waals surface area contributed by atoms with Crippen molar-refractivity contribution in [2.45, 2.75) is 39.2 Å². The zero-order chi connectivity index (χ0) is 20.2. The van der Waals surface area contributed by atoms with Crippen molar-refractivity contribution in [1.29, 1.82) is 0 Å². The van der Waals surface area contributed by atoms with Gasteiger partial charge in [0, 0.05) is 36.7 Å². The molecule has 2 aliphatic heterocycles. The normalized spacial score (nSPS) is 18.2. The SMILES string of the molecule is Cc1ccc(C(=O)C2CCN(C(=O)c3cccc(CN4CCCC4)c3)CC2)cc1. The number of carbonyl (C=O) groups excluding carboxylic acids is 2. The fraction of sp³-hybridized carbons (Fsp3) is 0.440. The molecule has 1 amide bonds. The molecule has 2 fully saturated rings. The number of nitrogens with zero attached hydrogens (tertiary/aromatic N) is 2. The van der Waals surface area contributed by atoms with Gasteiger partial charge in [-0.2, -0.15) is 0 Å². The minimum Gasteiger partial charge on any atom is -0.339 e. The van der Waals surface area contributed by atoms with E-state index < -0.39 is 0 Å². The van der Waals surface area contributed by atoms with Gasteiger partial charge in [-0.25, -0.2) is 0 Å². The molecule has 0 aliphatic carbocycles. The summed E-state index contributed by atoms with van der Waals surface area (Å²) in [5.74, 6) is 0.322. The van der Waals surface area contributed by atoms with Crippen LogP contribution in [0.2, 0.25) is 0 Å². The molecule has 4 heteroatoms. The molecule has 0 N–H and O–H groups in total. The first-order valence-corrected chi connectivity index (χ1v) is 10.8. The van der Waals surface area contributed by atoms with Crippen molar-refractivity contribution in [2.75, 3.05) is 26.2 Å². The lowest BCUT2D eigenvalue weighted by Crippen LogP contribution is -2.40. The van der Waals surface area contributed by atoms with Crippen molar-refractivity contribution in [1.82, 2.24) is 9.80 Å². The van der Waals surface area contributed by atoms with E-state index in [1.165, 1.54) is 18.4 Å². The van der Waals surface area contributed by atoms with Gasteiger partial charge in [0.2, 0.25) is 0 Å². The quantitative estimate of drug-likeness (QED) is 0.714. The molecule has 0 atom stereocenters. The van der Waals surface area contributed by atoms with Crippen molar-refractivity contribution < 1.29 is 9.59 Å². The van der Waals surface area contributed by atoms with E-state index in [1.807, 2.05) is 54.3 Å². The van der Waals surface area contributed by atoms with Gasteiger partial charge in [0.1, 0.15) is 0 Å². The Bertz CT molecular complexity index is 861. The molecule has 0 aromatic heterocycles. The largest absolute Gasteiger partial charge is 0.339 e. The van der Waals surface area contributed by atoms with Crippen molar-refractivity contribution in [2.24, 2.45) is 5.92 Å². The maximum absolute atomic E-state index is 13.0. The van der Waals surface area contributed by atoms with Crippen LogP contribution >= 0.6 is 0 Å². The monoisotopic (exact) mass is 390 g/mol. The Morgan fingerprint density at radius 2 is 1.59 bits per heavy atom. The van der Waals surface area contributed by atoms with E-state index in [0.29, 0.717) is 13.1 Å². The molecule has 2 aromatic rings. The number of piperidine rings is 1. The summed E-state index contributed by atoms with van der Waals surface area (Å²) in [7, 11) is 0. The van der Waals surface area contributed by atoms with Crippen LogP contribution in [0, 0.1) is 12.8 Å². The number of ketones is 1. The molecule has 4 nitrogen and oxygen atoms in total. The van der Waals surface area contributed by atoms with Gasteiger partial charge in [-0.05, 0) is 63.4 Å². The molecule has 152 valence electrons. The van der Waals surface area contributed by atoms with Gasteiger partial charge in [0.05, 0.1) is 0 Å². The fourth-order valence-electron chi connectivity index (χ4n) is 4.48. The lowest BCUT2D eigenvalue weighted by atomic mass is 9.88. The highest BCUT2D eigenvalue weighted by Crippen LogP contribution is 2.24. The van der Waals surface area contributed by atoms with Gasteiger partial charge in [-0.1, -0.05) is 42.0 Å². The van der Waals surface area contributed by atoms with E-state index in [1.54, 1.807) is 0 Å². The van der Waals surface area contributed by atoms with Crippen LogP contribution in [-0.4, -0.2) is 47.7 Å². The third-order valence-corrected chi connectivity index (χ3v) is 6.27. The average molecular weight is 391 g/mol. The molecule has 0 saturated carbocycles. The molecule has 2 aromatic carbocycles. The number of Topliss-reactive ketones (excluding diaryl/α,β-unsaturated/α-hetero) is 1. The van der Waals surface area contributed by atoms with Crippen LogP contribution in [0.3, 0.4) is 0 Å². The summed E-state index contributed by atoms with van der Waals surface area (Å²) in [5, 5.41) is 0. The Morgan fingerprint density at radius 1 is 0.897 bits per heavy atom. The number of carbonyl (C=O) groups is 2. The fourth-order valence-corrected chi connectivity index (χ4v) is 4.48. The first-order chi connectivity index (χ1) is 14.1. The third kappa shape index (κ3) is 4.76. The number of amides is 1. The highest BCUT2D eigenvalue weighted by atomic mass is 16.2. The van der Waals surface area contributed by atoms with Crippen molar-refractivity contribution in [3.05, 3.63) is 70.8 Å². The predicted molar refractivity (Wildman–Crippen MR) is 115 cm³/mol. The number of rotatable bonds is 5. The average Bonchev–Trinajstić information content (AvgIpc) is 3.26. The van der Waals surface area contributed by atoms with E-state index in [0.717, 1.165) is 49.2 Å². The highest BCUT2D eigenvalue weighted by Gasteiger charge is 2.28. The lowest BCUT2D eigenvalue weighted by Gasteiger charge is -2.31. The second kappa shape index (κ2) is 8.91. The second-order valence-corrected chi connectivity index (χ2v) is 8.48. The molecular weight excluding hydrogens is 360 g/mol. The number of likely N-dealkylation sites (tertiary alicyclic amines) is 2. The summed E-state index contributed by atoms with van der Waals surface area (Å²) in [4.78, 5) is 30.1. The maximum Gasteiger partial charge on any atom is 0.253 e. The molecule has 0 unspecified atom stereocenters. The summed E-state index contributed by atoms with van der Waals surface area (Å²) in [5.41, 5.74) is 3.93. The lowest BCUT2D eigenvalue weighted by molar-refractivity contribution is 0.0650. The van der Waals surface area contributed by atoms with E-state index >= 15 is 0 Å². The van der Waals surface area contributed by atoms with Crippen LogP contribution < -0.4 is 0 Å². The summed E-state index contributed by atoms with van der Waals surface area (Å²) < 4.78 is 0. The number of hydrogen-bond acceptors (Lipinski definition) is 3. The molecule has 0 bridgehead atoms. The molecule has 2 saturated heterocycles. The minimum absolute atomic E-state index is 0.0169. The molecule has 0 radical (unpaired) electrons. The Morgan fingerprint density at radius 3 is 2.28 bits per heavy atom. The third-order valence-electron chi connectivity index (χ3n) is 6.27. The Balaban J connectivity index is 1.35. The van der Waals surface area contributed by atoms with Gasteiger partial charge in [-0.15, -0.1) is 0 Å². The van der Waals surface area contributed by atoms with E-state index in [-0.39, 0.29) is 17.6 Å². The number of hydrogen-bond donors (Lipinski definition) is 0. The Hall–Kier alpha value is -2.46. The Kier molecular flexibility index (Phi) is 6.10. The summed E-state index contributed by atoms with van der Waals surface area (Å²) >= 11 is 0. The van der Waals surface area contributed by atoms with Gasteiger partial charge in [0.15, 0.2) is 5.78 Å². The second-order valence-electron chi connectivity index (χ2n) is 8.48. The summed E-state index contributed by atoms with van der Waals surface area (Å²) in [6, 6.07) is 15.9. The molecule has 29 heavy (non-hydrogen) atoms. The molecular formula is C25H30N2O2. The van der Waals surface area contributed by atoms with E-state index in [9.17, 15) is 9.59 Å². The van der Waals surface area contributed by atoms with Crippen molar-refractivity contribution >= 4 is 11.7 Å². The van der Waals surface area contributed by atoms with Gasteiger partial charge < -0.3 is 4.90 Å². The summed E-state index contributed by atoms with van der Waals surface area (Å²) in [6.45, 7) is 6.56. The molecule has 2 heterocycles. The van der Waals surface area contributed by atoms with Crippen LogP contribution in [0.5, 0.6) is 0 Å². The van der Waals surface area contributed by atoms with Gasteiger partial charge in [0.25, 0.3) is 5.91 Å². The molecule has 0 spiro atoms.